The van der Waals surface area contributed by atoms with Crippen molar-refractivity contribution < 1.29 is 30.0 Å². The van der Waals surface area contributed by atoms with E-state index < -0.39 is 35.5 Å². The van der Waals surface area contributed by atoms with Crippen molar-refractivity contribution >= 4 is 11.9 Å². The number of carbonyl (C=O) groups excluding carboxylic acids is 1. The number of hydrogen-bond acceptors (Lipinski definition) is 5. The van der Waals surface area contributed by atoms with E-state index in [1.807, 2.05) is 0 Å². The molecule has 0 bridgehead atoms. The number of carbonyl (C=O) groups is 2. The van der Waals surface area contributed by atoms with Gasteiger partial charge in [0.05, 0.1) is 6.10 Å². The van der Waals surface area contributed by atoms with Crippen LogP contribution < -0.4 is 5.32 Å². The zero-order valence-electron chi connectivity index (χ0n) is 9.49. The van der Waals surface area contributed by atoms with Gasteiger partial charge in [-0.05, 0) is 25.1 Å². The van der Waals surface area contributed by atoms with E-state index in [1.54, 1.807) is 0 Å². The van der Waals surface area contributed by atoms with Crippen LogP contribution in [-0.2, 0) is 4.79 Å². The molecule has 0 aliphatic carbocycles. The molecule has 7 heteroatoms. The van der Waals surface area contributed by atoms with Crippen LogP contribution in [0.15, 0.2) is 18.2 Å². The van der Waals surface area contributed by atoms with Crippen LogP contribution in [0.2, 0.25) is 0 Å². The smallest absolute Gasteiger partial charge is 0.328 e. The second kappa shape index (κ2) is 5.37. The van der Waals surface area contributed by atoms with E-state index in [-0.39, 0.29) is 5.56 Å². The average molecular weight is 255 g/mol. The molecule has 1 aromatic carbocycles. The number of phenolic OH excluding ortho intramolecular Hbond substituents is 2. The SMILES string of the molecule is CC(O)C(NC(=O)c1ccc(O)c(O)c1)C(=O)O. The molecule has 0 spiro atoms. The number of aliphatic hydroxyl groups excluding tert-OH is 1. The van der Waals surface area contributed by atoms with Gasteiger partial charge in [0.25, 0.3) is 5.91 Å². The lowest BCUT2D eigenvalue weighted by molar-refractivity contribution is -0.141. The monoisotopic (exact) mass is 255 g/mol. The van der Waals surface area contributed by atoms with Crippen LogP contribution in [-0.4, -0.2) is 44.4 Å². The van der Waals surface area contributed by atoms with Crippen molar-refractivity contribution in [2.24, 2.45) is 0 Å². The highest BCUT2D eigenvalue weighted by Crippen LogP contribution is 2.24. The van der Waals surface area contributed by atoms with Gasteiger partial charge in [0.15, 0.2) is 17.5 Å². The Morgan fingerprint density at radius 2 is 1.83 bits per heavy atom. The fourth-order valence-corrected chi connectivity index (χ4v) is 1.28. The lowest BCUT2D eigenvalue weighted by atomic mass is 10.1. The predicted molar refractivity (Wildman–Crippen MR) is 60.3 cm³/mol. The highest BCUT2D eigenvalue weighted by molar-refractivity contribution is 5.97. The lowest BCUT2D eigenvalue weighted by Gasteiger charge is -2.17. The zero-order valence-corrected chi connectivity index (χ0v) is 9.49. The van der Waals surface area contributed by atoms with Crippen molar-refractivity contribution in [3.8, 4) is 11.5 Å². The largest absolute Gasteiger partial charge is 0.504 e. The molecule has 0 saturated heterocycles. The van der Waals surface area contributed by atoms with Gasteiger partial charge in [-0.3, -0.25) is 4.79 Å². The summed E-state index contributed by atoms with van der Waals surface area (Å²) in [6, 6.07) is 1.85. The van der Waals surface area contributed by atoms with E-state index in [4.69, 9.17) is 10.2 Å². The standard InChI is InChI=1S/C11H13NO6/c1-5(13)9(11(17)18)12-10(16)6-2-3-7(14)8(15)4-6/h2-5,9,13-15H,1H3,(H,12,16)(H,17,18). The Balaban J connectivity index is 2.87. The van der Waals surface area contributed by atoms with Gasteiger partial charge in [0, 0.05) is 5.56 Å². The van der Waals surface area contributed by atoms with Crippen LogP contribution in [0.25, 0.3) is 0 Å². The Labute approximate surface area is 102 Å². The number of rotatable bonds is 4. The minimum absolute atomic E-state index is 0.0304. The van der Waals surface area contributed by atoms with Crippen LogP contribution in [0.4, 0.5) is 0 Å². The van der Waals surface area contributed by atoms with Crippen molar-refractivity contribution in [2.75, 3.05) is 0 Å². The number of benzene rings is 1. The highest BCUT2D eigenvalue weighted by Gasteiger charge is 2.25. The van der Waals surface area contributed by atoms with E-state index >= 15 is 0 Å². The van der Waals surface area contributed by atoms with Crippen LogP contribution in [0.1, 0.15) is 17.3 Å². The van der Waals surface area contributed by atoms with Gasteiger partial charge in [-0.2, -0.15) is 0 Å². The van der Waals surface area contributed by atoms with Crippen molar-refractivity contribution in [1.82, 2.24) is 5.32 Å². The van der Waals surface area contributed by atoms with Crippen molar-refractivity contribution in [3.05, 3.63) is 23.8 Å². The first-order valence-electron chi connectivity index (χ1n) is 5.06. The third kappa shape index (κ3) is 3.11. The molecule has 7 nitrogen and oxygen atoms in total. The first-order chi connectivity index (χ1) is 8.32. The molecule has 98 valence electrons. The number of aromatic hydroxyl groups is 2. The maximum absolute atomic E-state index is 11.6. The third-order valence-corrected chi connectivity index (χ3v) is 2.27. The van der Waals surface area contributed by atoms with Gasteiger partial charge in [-0.25, -0.2) is 4.79 Å². The van der Waals surface area contributed by atoms with E-state index in [2.05, 4.69) is 5.32 Å². The molecule has 1 rings (SSSR count). The quantitative estimate of drug-likeness (QED) is 0.468. The van der Waals surface area contributed by atoms with Crippen LogP contribution >= 0.6 is 0 Å². The molecule has 1 aromatic rings. The summed E-state index contributed by atoms with van der Waals surface area (Å²) in [5, 5.41) is 38.3. The van der Waals surface area contributed by atoms with Crippen molar-refractivity contribution in [3.63, 3.8) is 0 Å². The lowest BCUT2D eigenvalue weighted by Crippen LogP contribution is -2.47. The molecule has 0 radical (unpaired) electrons. The fourth-order valence-electron chi connectivity index (χ4n) is 1.28. The van der Waals surface area contributed by atoms with E-state index in [0.717, 1.165) is 12.1 Å². The van der Waals surface area contributed by atoms with Gasteiger partial charge in [-0.1, -0.05) is 0 Å². The van der Waals surface area contributed by atoms with Gasteiger partial charge < -0.3 is 25.7 Å². The maximum Gasteiger partial charge on any atom is 0.328 e. The summed E-state index contributed by atoms with van der Waals surface area (Å²) in [5.74, 6) is -3.04. The number of hydrogen-bond donors (Lipinski definition) is 5. The van der Waals surface area contributed by atoms with E-state index in [9.17, 15) is 19.8 Å². The number of aliphatic carboxylic acids is 1. The number of amides is 1. The second-order valence-corrected chi connectivity index (χ2v) is 3.73. The fraction of sp³-hybridized carbons (Fsp3) is 0.273. The summed E-state index contributed by atoms with van der Waals surface area (Å²) in [6.45, 7) is 1.23. The van der Waals surface area contributed by atoms with Gasteiger partial charge in [0.1, 0.15) is 0 Å². The molecule has 0 aliphatic rings. The first-order valence-corrected chi connectivity index (χ1v) is 5.06. The molecule has 1 amide bonds. The molecule has 18 heavy (non-hydrogen) atoms. The number of phenols is 2. The number of carboxylic acid groups (broad SMARTS) is 1. The Hall–Kier alpha value is -2.28. The third-order valence-electron chi connectivity index (χ3n) is 2.27. The summed E-state index contributed by atoms with van der Waals surface area (Å²) in [6.07, 6.45) is -1.27. The number of carboxylic acids is 1. The molecule has 0 fully saturated rings. The minimum atomic E-state index is -1.45. The summed E-state index contributed by atoms with van der Waals surface area (Å²) in [4.78, 5) is 22.4. The molecule has 2 atom stereocenters. The van der Waals surface area contributed by atoms with Crippen LogP contribution in [0.5, 0.6) is 11.5 Å². The van der Waals surface area contributed by atoms with Gasteiger partial charge >= 0.3 is 5.97 Å². The Kier molecular flexibility index (Phi) is 4.11. The summed E-state index contributed by atoms with van der Waals surface area (Å²) < 4.78 is 0. The molecular weight excluding hydrogens is 242 g/mol. The first kappa shape index (κ1) is 13.8. The molecule has 5 N–H and O–H groups in total. The van der Waals surface area contributed by atoms with Gasteiger partial charge in [-0.15, -0.1) is 0 Å². The van der Waals surface area contributed by atoms with Gasteiger partial charge in [0.2, 0.25) is 0 Å². The number of aliphatic hydroxyl groups is 1. The number of nitrogens with one attached hydrogen (secondary N) is 1. The molecule has 0 aromatic heterocycles. The zero-order chi connectivity index (χ0) is 13.9. The Bertz CT molecular complexity index is 471. The molecule has 0 aliphatic heterocycles. The summed E-state index contributed by atoms with van der Waals surface area (Å²) >= 11 is 0. The van der Waals surface area contributed by atoms with Crippen molar-refractivity contribution in [1.29, 1.82) is 0 Å². The molecule has 0 saturated carbocycles. The summed E-state index contributed by atoms with van der Waals surface area (Å²) in [5.41, 5.74) is -0.0304. The van der Waals surface area contributed by atoms with Crippen LogP contribution in [0.3, 0.4) is 0 Å². The Morgan fingerprint density at radius 3 is 2.28 bits per heavy atom. The second-order valence-electron chi connectivity index (χ2n) is 3.73. The summed E-state index contributed by atoms with van der Waals surface area (Å²) in [7, 11) is 0. The van der Waals surface area contributed by atoms with E-state index in [1.165, 1.54) is 13.0 Å². The normalized spacial score (nSPS) is 13.7. The van der Waals surface area contributed by atoms with Crippen LogP contribution in [0, 0.1) is 0 Å². The maximum atomic E-state index is 11.6. The van der Waals surface area contributed by atoms with E-state index in [0.29, 0.717) is 0 Å². The molecule has 0 heterocycles. The average Bonchev–Trinajstić information content (AvgIpc) is 2.28. The highest BCUT2D eigenvalue weighted by atomic mass is 16.4. The topological polar surface area (TPSA) is 127 Å². The molecular formula is C11H13NO6. The molecule has 2 unspecified atom stereocenters. The minimum Gasteiger partial charge on any atom is -0.504 e. The predicted octanol–water partition coefficient (Wildman–Crippen LogP) is -0.338. The van der Waals surface area contributed by atoms with Crippen molar-refractivity contribution in [2.45, 2.75) is 19.1 Å². The Morgan fingerprint density at radius 1 is 1.22 bits per heavy atom.